The summed E-state index contributed by atoms with van der Waals surface area (Å²) in [5.74, 6) is 0.249. The number of nitrogens with one attached hydrogen (secondary N) is 1. The fraction of sp³-hybridized carbons (Fsp3) is 0.938. The van der Waals surface area contributed by atoms with Crippen LogP contribution >= 0.6 is 0 Å². The molecule has 2 saturated carbocycles. The molecule has 0 aromatic rings. The van der Waals surface area contributed by atoms with Gasteiger partial charge in [0, 0.05) is 25.7 Å². The van der Waals surface area contributed by atoms with E-state index in [1.807, 2.05) is 0 Å². The minimum atomic E-state index is -0.523. The van der Waals surface area contributed by atoms with Gasteiger partial charge in [0.1, 0.15) is 5.54 Å². The Morgan fingerprint density at radius 1 is 1.29 bits per heavy atom. The molecule has 0 spiro atoms. The second-order valence-electron chi connectivity index (χ2n) is 7.21. The molecule has 5 nitrogen and oxygen atoms in total. The Balaban J connectivity index is 1.60. The second-order valence-corrected chi connectivity index (χ2v) is 7.21. The second kappa shape index (κ2) is 6.23. The highest BCUT2D eigenvalue weighted by Crippen LogP contribution is 2.42. The number of amides is 1. The zero-order chi connectivity index (χ0) is 14.9. The number of ether oxygens (including phenoxy) is 1. The van der Waals surface area contributed by atoms with Gasteiger partial charge in [-0.15, -0.1) is 0 Å². The van der Waals surface area contributed by atoms with Crippen LogP contribution in [-0.4, -0.2) is 55.2 Å². The van der Waals surface area contributed by atoms with Crippen molar-refractivity contribution in [2.45, 2.75) is 62.6 Å². The summed E-state index contributed by atoms with van der Waals surface area (Å²) in [5.41, 5.74) is 5.29. The van der Waals surface area contributed by atoms with Crippen LogP contribution < -0.4 is 11.1 Å². The molecule has 3 N–H and O–H groups in total. The van der Waals surface area contributed by atoms with E-state index in [1.54, 1.807) is 0 Å². The first kappa shape index (κ1) is 15.3. The van der Waals surface area contributed by atoms with Gasteiger partial charge >= 0.3 is 0 Å². The molecular weight excluding hydrogens is 266 g/mol. The molecule has 21 heavy (non-hydrogen) atoms. The number of nitrogens with two attached hydrogens (primary N) is 1. The number of hydrogen-bond acceptors (Lipinski definition) is 4. The van der Waals surface area contributed by atoms with Crippen LogP contribution in [0.4, 0.5) is 0 Å². The van der Waals surface area contributed by atoms with Crippen LogP contribution in [0.25, 0.3) is 0 Å². The van der Waals surface area contributed by atoms with Crippen molar-refractivity contribution in [1.82, 2.24) is 10.2 Å². The summed E-state index contributed by atoms with van der Waals surface area (Å²) in [4.78, 5) is 14.4. The van der Waals surface area contributed by atoms with Crippen molar-refractivity contribution in [2.75, 3.05) is 26.7 Å². The minimum Gasteiger partial charge on any atom is -0.377 e. The predicted octanol–water partition coefficient (Wildman–Crippen LogP) is 0.873. The van der Waals surface area contributed by atoms with Gasteiger partial charge in [-0.2, -0.15) is 0 Å². The van der Waals surface area contributed by atoms with E-state index in [-0.39, 0.29) is 5.91 Å². The minimum absolute atomic E-state index is 0.173. The van der Waals surface area contributed by atoms with E-state index >= 15 is 0 Å². The summed E-state index contributed by atoms with van der Waals surface area (Å²) in [7, 11) is 2.09. The van der Waals surface area contributed by atoms with Crippen molar-refractivity contribution in [3.63, 3.8) is 0 Å². The van der Waals surface area contributed by atoms with Crippen LogP contribution in [0.1, 0.15) is 44.9 Å². The molecule has 120 valence electrons. The van der Waals surface area contributed by atoms with Gasteiger partial charge in [0.15, 0.2) is 0 Å². The van der Waals surface area contributed by atoms with E-state index in [4.69, 9.17) is 10.5 Å². The molecule has 3 fully saturated rings. The first-order valence-corrected chi connectivity index (χ1v) is 8.48. The summed E-state index contributed by atoms with van der Waals surface area (Å²) in [6.45, 7) is 2.49. The molecule has 1 heterocycles. The van der Waals surface area contributed by atoms with E-state index in [1.165, 1.54) is 25.7 Å². The number of hydrogen-bond donors (Lipinski definition) is 2. The van der Waals surface area contributed by atoms with Crippen LogP contribution in [0.5, 0.6) is 0 Å². The van der Waals surface area contributed by atoms with Crippen LogP contribution in [0.3, 0.4) is 0 Å². The molecule has 0 bridgehead atoms. The van der Waals surface area contributed by atoms with Gasteiger partial charge in [-0.3, -0.25) is 10.1 Å². The molecule has 1 aliphatic heterocycles. The van der Waals surface area contributed by atoms with E-state index in [0.29, 0.717) is 24.6 Å². The van der Waals surface area contributed by atoms with Crippen molar-refractivity contribution in [1.29, 1.82) is 0 Å². The molecule has 2 aliphatic carbocycles. The topological polar surface area (TPSA) is 67.6 Å². The lowest BCUT2D eigenvalue weighted by atomic mass is 9.91. The molecule has 0 radical (unpaired) electrons. The third kappa shape index (κ3) is 3.76. The summed E-state index contributed by atoms with van der Waals surface area (Å²) in [6, 6.07) is 0.498. The number of rotatable bonds is 8. The first-order valence-electron chi connectivity index (χ1n) is 8.48. The number of likely N-dealkylation sites (N-methyl/N-ethyl adjacent to an activating group) is 1. The maximum atomic E-state index is 12.2. The van der Waals surface area contributed by atoms with Crippen molar-refractivity contribution in [3.05, 3.63) is 0 Å². The highest BCUT2D eigenvalue weighted by molar-refractivity contribution is 5.86. The van der Waals surface area contributed by atoms with E-state index in [2.05, 4.69) is 17.3 Å². The van der Waals surface area contributed by atoms with E-state index in [9.17, 15) is 4.79 Å². The number of nitrogens with zero attached hydrogens (tertiary/aromatic N) is 1. The summed E-state index contributed by atoms with van der Waals surface area (Å²) in [5, 5.41) is 3.58. The van der Waals surface area contributed by atoms with Gasteiger partial charge in [0.25, 0.3) is 0 Å². The Hall–Kier alpha value is -0.650. The molecule has 2 atom stereocenters. The summed E-state index contributed by atoms with van der Waals surface area (Å²) >= 11 is 0. The number of carbonyl (C=O) groups is 1. The molecule has 0 aromatic heterocycles. The normalized spacial score (nSPS) is 29.3. The predicted molar refractivity (Wildman–Crippen MR) is 81.9 cm³/mol. The molecule has 2 unspecified atom stereocenters. The average Bonchev–Trinajstić information content (AvgIpc) is 3.32. The zero-order valence-corrected chi connectivity index (χ0v) is 13.1. The zero-order valence-electron chi connectivity index (χ0n) is 13.1. The smallest absolute Gasteiger partial charge is 0.239 e. The molecular formula is C16H29N3O2. The number of primary amides is 1. The van der Waals surface area contributed by atoms with Crippen molar-refractivity contribution in [2.24, 2.45) is 11.7 Å². The van der Waals surface area contributed by atoms with Gasteiger partial charge in [-0.05, 0) is 57.9 Å². The SMILES string of the molecule is CN(CC1CCCCO1)CC(NC1CC1)(C(N)=O)C1CC1. The van der Waals surface area contributed by atoms with Gasteiger partial charge in [-0.25, -0.2) is 0 Å². The van der Waals surface area contributed by atoms with Gasteiger partial charge in [0.05, 0.1) is 6.10 Å². The molecule has 1 amide bonds. The lowest BCUT2D eigenvalue weighted by molar-refractivity contribution is -0.126. The summed E-state index contributed by atoms with van der Waals surface area (Å²) < 4.78 is 5.81. The van der Waals surface area contributed by atoms with E-state index in [0.717, 1.165) is 32.4 Å². The van der Waals surface area contributed by atoms with Gasteiger partial charge < -0.3 is 15.4 Å². The largest absolute Gasteiger partial charge is 0.377 e. The fourth-order valence-electron chi connectivity index (χ4n) is 3.60. The first-order chi connectivity index (χ1) is 10.1. The van der Waals surface area contributed by atoms with Crippen molar-refractivity contribution in [3.8, 4) is 0 Å². The van der Waals surface area contributed by atoms with Crippen LogP contribution in [0.2, 0.25) is 0 Å². The molecule has 1 saturated heterocycles. The standard InChI is InChI=1S/C16H29N3O2/c1-19(10-14-4-2-3-9-21-14)11-16(15(17)20,12-5-6-12)18-13-7-8-13/h12-14,18H,2-11H2,1H3,(H2,17,20). The maximum absolute atomic E-state index is 12.2. The third-order valence-electron chi connectivity index (χ3n) is 5.06. The molecule has 3 rings (SSSR count). The Morgan fingerprint density at radius 3 is 2.57 bits per heavy atom. The Labute approximate surface area is 127 Å². The van der Waals surface area contributed by atoms with Crippen molar-refractivity contribution >= 4 is 5.91 Å². The van der Waals surface area contributed by atoms with Gasteiger partial charge in [-0.1, -0.05) is 0 Å². The van der Waals surface area contributed by atoms with E-state index < -0.39 is 5.54 Å². The lowest BCUT2D eigenvalue weighted by Crippen LogP contribution is -2.63. The monoisotopic (exact) mass is 295 g/mol. The van der Waals surface area contributed by atoms with Crippen molar-refractivity contribution < 1.29 is 9.53 Å². The average molecular weight is 295 g/mol. The van der Waals surface area contributed by atoms with Crippen LogP contribution in [0.15, 0.2) is 0 Å². The fourth-order valence-corrected chi connectivity index (χ4v) is 3.60. The summed E-state index contributed by atoms with van der Waals surface area (Å²) in [6.07, 6.45) is 8.47. The Bertz CT molecular complexity index is 376. The quantitative estimate of drug-likeness (QED) is 0.697. The molecule has 3 aliphatic rings. The highest BCUT2D eigenvalue weighted by atomic mass is 16.5. The lowest BCUT2D eigenvalue weighted by Gasteiger charge is -2.37. The molecule has 5 heteroatoms. The maximum Gasteiger partial charge on any atom is 0.239 e. The number of carbonyl (C=O) groups excluding carboxylic acids is 1. The Morgan fingerprint density at radius 2 is 2.05 bits per heavy atom. The highest BCUT2D eigenvalue weighted by Gasteiger charge is 2.52. The van der Waals surface area contributed by atoms with Gasteiger partial charge in [0.2, 0.25) is 5.91 Å². The Kier molecular flexibility index (Phi) is 4.52. The van der Waals surface area contributed by atoms with Crippen LogP contribution in [0, 0.1) is 5.92 Å². The molecule has 0 aromatic carbocycles. The van der Waals surface area contributed by atoms with Crippen LogP contribution in [-0.2, 0) is 9.53 Å². The third-order valence-corrected chi connectivity index (χ3v) is 5.06.